The maximum absolute atomic E-state index is 12.3. The summed E-state index contributed by atoms with van der Waals surface area (Å²) in [6, 6.07) is 23.1. The van der Waals surface area contributed by atoms with Gasteiger partial charge < -0.3 is 5.32 Å². The number of hydrogen-bond donors (Lipinski definition) is 1. The van der Waals surface area contributed by atoms with Crippen LogP contribution in [0.25, 0.3) is 11.1 Å². The third-order valence-electron chi connectivity index (χ3n) is 3.68. The molecule has 0 unspecified atom stereocenters. The Morgan fingerprint density at radius 3 is 2.17 bits per heavy atom. The SMILES string of the molecule is Cc1ccc(NC(=O)c2ccc(-c3ccccc3)cc2)cc1Cl. The molecule has 1 amide bonds. The van der Waals surface area contributed by atoms with E-state index in [4.69, 9.17) is 11.6 Å². The van der Waals surface area contributed by atoms with Crippen molar-refractivity contribution in [3.8, 4) is 11.1 Å². The van der Waals surface area contributed by atoms with Crippen molar-refractivity contribution in [1.29, 1.82) is 0 Å². The predicted octanol–water partition coefficient (Wildman–Crippen LogP) is 5.57. The first-order valence-corrected chi connectivity index (χ1v) is 7.74. The molecule has 114 valence electrons. The second kappa shape index (κ2) is 6.67. The van der Waals surface area contributed by atoms with Crippen molar-refractivity contribution in [1.82, 2.24) is 0 Å². The number of anilines is 1. The van der Waals surface area contributed by atoms with Crippen molar-refractivity contribution in [3.63, 3.8) is 0 Å². The van der Waals surface area contributed by atoms with E-state index >= 15 is 0 Å². The summed E-state index contributed by atoms with van der Waals surface area (Å²) in [4.78, 5) is 12.3. The van der Waals surface area contributed by atoms with Crippen molar-refractivity contribution in [2.75, 3.05) is 5.32 Å². The number of aryl methyl sites for hydroxylation is 1. The van der Waals surface area contributed by atoms with Gasteiger partial charge in [0.15, 0.2) is 0 Å². The molecule has 0 bridgehead atoms. The number of benzene rings is 3. The zero-order chi connectivity index (χ0) is 16.2. The van der Waals surface area contributed by atoms with Gasteiger partial charge in [-0.1, -0.05) is 60.1 Å². The lowest BCUT2D eigenvalue weighted by atomic mass is 10.0. The lowest BCUT2D eigenvalue weighted by molar-refractivity contribution is 0.102. The van der Waals surface area contributed by atoms with Crippen LogP contribution in [-0.4, -0.2) is 5.91 Å². The Bertz CT molecular complexity index is 826. The molecule has 0 radical (unpaired) electrons. The molecule has 3 aromatic carbocycles. The van der Waals surface area contributed by atoms with Gasteiger partial charge in [0.05, 0.1) is 0 Å². The Balaban J connectivity index is 1.76. The highest BCUT2D eigenvalue weighted by atomic mass is 35.5. The van der Waals surface area contributed by atoms with Crippen LogP contribution < -0.4 is 5.32 Å². The van der Waals surface area contributed by atoms with E-state index in [0.717, 1.165) is 16.7 Å². The Morgan fingerprint density at radius 2 is 1.52 bits per heavy atom. The lowest BCUT2D eigenvalue weighted by Crippen LogP contribution is -2.11. The van der Waals surface area contributed by atoms with Crippen LogP contribution in [0.2, 0.25) is 5.02 Å². The van der Waals surface area contributed by atoms with Crippen LogP contribution >= 0.6 is 11.6 Å². The van der Waals surface area contributed by atoms with E-state index in [1.807, 2.05) is 73.7 Å². The molecule has 0 aromatic heterocycles. The van der Waals surface area contributed by atoms with Gasteiger partial charge in [-0.25, -0.2) is 0 Å². The van der Waals surface area contributed by atoms with Gasteiger partial charge in [-0.05, 0) is 47.9 Å². The van der Waals surface area contributed by atoms with Gasteiger partial charge >= 0.3 is 0 Å². The van der Waals surface area contributed by atoms with Crippen LogP contribution in [0.5, 0.6) is 0 Å². The van der Waals surface area contributed by atoms with Crippen molar-refractivity contribution < 1.29 is 4.79 Å². The average molecular weight is 322 g/mol. The van der Waals surface area contributed by atoms with Crippen molar-refractivity contribution in [3.05, 3.63) is 88.9 Å². The Morgan fingerprint density at radius 1 is 0.870 bits per heavy atom. The highest BCUT2D eigenvalue weighted by Gasteiger charge is 2.07. The highest BCUT2D eigenvalue weighted by Crippen LogP contribution is 2.22. The fourth-order valence-electron chi connectivity index (χ4n) is 2.32. The number of rotatable bonds is 3. The first-order valence-electron chi connectivity index (χ1n) is 7.36. The second-order valence-corrected chi connectivity index (χ2v) is 5.77. The molecule has 3 aromatic rings. The molecule has 0 fully saturated rings. The summed E-state index contributed by atoms with van der Waals surface area (Å²) in [6.07, 6.45) is 0. The molecule has 23 heavy (non-hydrogen) atoms. The number of nitrogens with one attached hydrogen (secondary N) is 1. The van der Waals surface area contributed by atoms with E-state index in [-0.39, 0.29) is 5.91 Å². The molecular weight excluding hydrogens is 306 g/mol. The summed E-state index contributed by atoms with van der Waals surface area (Å²) in [7, 11) is 0. The smallest absolute Gasteiger partial charge is 0.255 e. The molecular formula is C20H16ClNO. The maximum Gasteiger partial charge on any atom is 0.255 e. The zero-order valence-electron chi connectivity index (χ0n) is 12.7. The summed E-state index contributed by atoms with van der Waals surface area (Å²) in [5, 5.41) is 3.50. The second-order valence-electron chi connectivity index (χ2n) is 5.36. The van der Waals surface area contributed by atoms with Crippen LogP contribution in [0.15, 0.2) is 72.8 Å². The molecule has 3 heteroatoms. The van der Waals surface area contributed by atoms with E-state index in [1.54, 1.807) is 6.07 Å². The molecule has 0 saturated heterocycles. The van der Waals surface area contributed by atoms with Crippen LogP contribution in [0, 0.1) is 6.92 Å². The number of amides is 1. The van der Waals surface area contributed by atoms with E-state index in [9.17, 15) is 4.79 Å². The summed E-state index contributed by atoms with van der Waals surface area (Å²) in [5.41, 5.74) is 4.50. The molecule has 3 rings (SSSR count). The molecule has 0 atom stereocenters. The number of hydrogen-bond acceptors (Lipinski definition) is 1. The number of carbonyl (C=O) groups excluding carboxylic acids is 1. The molecule has 0 saturated carbocycles. The molecule has 1 N–H and O–H groups in total. The fraction of sp³-hybridized carbons (Fsp3) is 0.0500. The zero-order valence-corrected chi connectivity index (χ0v) is 13.5. The molecule has 0 heterocycles. The number of carbonyl (C=O) groups is 1. The number of halogens is 1. The quantitative estimate of drug-likeness (QED) is 0.671. The Kier molecular flexibility index (Phi) is 4.45. The van der Waals surface area contributed by atoms with Gasteiger partial charge in [0.2, 0.25) is 0 Å². The van der Waals surface area contributed by atoms with Gasteiger partial charge in [-0.15, -0.1) is 0 Å². The maximum atomic E-state index is 12.3. The van der Waals surface area contributed by atoms with Gasteiger partial charge in [0.25, 0.3) is 5.91 Å². The average Bonchev–Trinajstić information content (AvgIpc) is 2.59. The van der Waals surface area contributed by atoms with E-state index < -0.39 is 0 Å². The third-order valence-corrected chi connectivity index (χ3v) is 4.09. The van der Waals surface area contributed by atoms with Gasteiger partial charge in [0.1, 0.15) is 0 Å². The third kappa shape index (κ3) is 3.61. The van der Waals surface area contributed by atoms with Crippen LogP contribution in [-0.2, 0) is 0 Å². The Hall–Kier alpha value is -2.58. The molecule has 2 nitrogen and oxygen atoms in total. The monoisotopic (exact) mass is 321 g/mol. The summed E-state index contributed by atoms with van der Waals surface area (Å²) in [5.74, 6) is -0.149. The predicted molar refractivity (Wildman–Crippen MR) is 96.0 cm³/mol. The normalized spacial score (nSPS) is 10.3. The minimum absolute atomic E-state index is 0.149. The Labute approximate surface area is 140 Å². The fourth-order valence-corrected chi connectivity index (χ4v) is 2.50. The molecule has 0 aliphatic heterocycles. The molecule has 0 spiro atoms. The van der Waals surface area contributed by atoms with Crippen LogP contribution in [0.1, 0.15) is 15.9 Å². The largest absolute Gasteiger partial charge is 0.322 e. The van der Waals surface area contributed by atoms with Crippen LogP contribution in [0.3, 0.4) is 0 Å². The van der Waals surface area contributed by atoms with Gasteiger partial charge in [0, 0.05) is 16.3 Å². The van der Waals surface area contributed by atoms with Crippen molar-refractivity contribution >= 4 is 23.2 Å². The van der Waals surface area contributed by atoms with E-state index in [2.05, 4.69) is 5.32 Å². The highest BCUT2D eigenvalue weighted by molar-refractivity contribution is 6.31. The topological polar surface area (TPSA) is 29.1 Å². The van der Waals surface area contributed by atoms with E-state index in [0.29, 0.717) is 16.3 Å². The first kappa shape index (κ1) is 15.3. The standard InChI is InChI=1S/C20H16ClNO/c1-14-7-12-18(13-19(14)21)22-20(23)17-10-8-16(9-11-17)15-5-3-2-4-6-15/h2-13H,1H3,(H,22,23). The summed E-state index contributed by atoms with van der Waals surface area (Å²) < 4.78 is 0. The molecule has 0 aliphatic carbocycles. The molecule has 0 aliphatic rings. The van der Waals surface area contributed by atoms with E-state index in [1.165, 1.54) is 0 Å². The van der Waals surface area contributed by atoms with Gasteiger partial charge in [-0.3, -0.25) is 4.79 Å². The van der Waals surface area contributed by atoms with Crippen molar-refractivity contribution in [2.24, 2.45) is 0 Å². The van der Waals surface area contributed by atoms with Gasteiger partial charge in [-0.2, -0.15) is 0 Å². The minimum atomic E-state index is -0.149. The minimum Gasteiger partial charge on any atom is -0.322 e. The lowest BCUT2D eigenvalue weighted by Gasteiger charge is -2.08. The van der Waals surface area contributed by atoms with Crippen molar-refractivity contribution in [2.45, 2.75) is 6.92 Å². The van der Waals surface area contributed by atoms with Crippen LogP contribution in [0.4, 0.5) is 5.69 Å². The summed E-state index contributed by atoms with van der Waals surface area (Å²) >= 11 is 6.08. The first-order chi connectivity index (χ1) is 11.1. The summed E-state index contributed by atoms with van der Waals surface area (Å²) in [6.45, 7) is 1.93.